The van der Waals surface area contributed by atoms with Crippen molar-refractivity contribution in [3.05, 3.63) is 65.5 Å². The third kappa shape index (κ3) is 6.01. The van der Waals surface area contributed by atoms with Gasteiger partial charge in [-0.2, -0.15) is 0 Å². The van der Waals surface area contributed by atoms with Crippen LogP contribution in [0.25, 0.3) is 0 Å². The van der Waals surface area contributed by atoms with E-state index >= 15 is 0 Å². The zero-order valence-corrected chi connectivity index (χ0v) is 16.9. The van der Waals surface area contributed by atoms with Crippen molar-refractivity contribution in [1.82, 2.24) is 10.4 Å². The molecule has 0 spiro atoms. The van der Waals surface area contributed by atoms with E-state index in [0.717, 1.165) is 5.56 Å². The van der Waals surface area contributed by atoms with Gasteiger partial charge in [0.2, 0.25) is 0 Å². The molecule has 1 heterocycles. The lowest BCUT2D eigenvalue weighted by molar-refractivity contribution is -0.147. The van der Waals surface area contributed by atoms with Crippen molar-refractivity contribution in [1.29, 1.82) is 0 Å². The number of carbonyl (C=O) groups excluding carboxylic acids is 2. The van der Waals surface area contributed by atoms with Crippen LogP contribution in [-0.2, 0) is 16.0 Å². The van der Waals surface area contributed by atoms with Gasteiger partial charge in [-0.1, -0.05) is 36.4 Å². The van der Waals surface area contributed by atoms with Gasteiger partial charge in [-0.05, 0) is 17.2 Å². The van der Waals surface area contributed by atoms with Crippen LogP contribution in [0.2, 0.25) is 0 Å². The molecule has 0 aliphatic heterocycles. The van der Waals surface area contributed by atoms with E-state index in [2.05, 4.69) is 15.4 Å². The molecule has 0 aliphatic carbocycles. The van der Waals surface area contributed by atoms with Crippen LogP contribution in [0.3, 0.4) is 0 Å². The van der Waals surface area contributed by atoms with Crippen LogP contribution in [0.5, 0.6) is 0 Å². The highest BCUT2D eigenvalue weighted by Crippen LogP contribution is 2.24. The van der Waals surface area contributed by atoms with Crippen LogP contribution in [0, 0.1) is 0 Å². The summed E-state index contributed by atoms with van der Waals surface area (Å²) in [7, 11) is 0. The van der Waals surface area contributed by atoms with E-state index in [4.69, 9.17) is 17.3 Å². The minimum absolute atomic E-state index is 0.0604. The fraction of sp³-hybridized carbons (Fsp3) is 0.286. The lowest BCUT2D eigenvalue weighted by Crippen LogP contribution is -2.58. The molecule has 0 saturated heterocycles. The average Bonchev–Trinajstić information content (AvgIpc) is 2.78. The maximum atomic E-state index is 13.1. The number of nitrogens with one attached hydrogen (secondary N) is 1. The smallest absolute Gasteiger partial charge is 0.331 e. The van der Waals surface area contributed by atoms with Gasteiger partial charge in [-0.25, -0.2) is 10.6 Å². The number of hydrogen-bond acceptors (Lipinski definition) is 8. The molecule has 10 nitrogen and oxygen atoms in total. The molecule has 2 rings (SSSR count). The predicted octanol–water partition coefficient (Wildman–Crippen LogP) is -0.218. The number of pyridine rings is 1. The molecule has 2 unspecified atom stereocenters. The molecule has 8 N–H and O–H groups in total. The van der Waals surface area contributed by atoms with Crippen molar-refractivity contribution < 1.29 is 19.5 Å². The van der Waals surface area contributed by atoms with Crippen molar-refractivity contribution in [2.24, 2.45) is 22.3 Å². The maximum absolute atomic E-state index is 13.1. The van der Waals surface area contributed by atoms with Gasteiger partial charge in [0.25, 0.3) is 0 Å². The van der Waals surface area contributed by atoms with E-state index in [1.54, 1.807) is 6.07 Å². The Morgan fingerprint density at radius 3 is 2.52 bits per heavy atom. The summed E-state index contributed by atoms with van der Waals surface area (Å²) in [6.45, 7) is -0.237. The van der Waals surface area contributed by atoms with E-state index in [1.165, 1.54) is 18.6 Å². The first-order valence-electron chi connectivity index (χ1n) is 9.55. The van der Waals surface area contributed by atoms with Gasteiger partial charge >= 0.3 is 5.97 Å². The van der Waals surface area contributed by atoms with Crippen LogP contribution in [0.1, 0.15) is 34.0 Å². The number of benzene rings is 1. The normalized spacial score (nSPS) is 14.0. The van der Waals surface area contributed by atoms with E-state index < -0.39 is 30.3 Å². The minimum atomic E-state index is -2.25. The SMILES string of the molecule is NCC(=O)C(N)(Cc1cccnc1C(=O)CC(CN=CNN)c1ccccc1)C(=O)O. The number of rotatable bonds is 12. The van der Waals surface area contributed by atoms with Crippen molar-refractivity contribution in [2.45, 2.75) is 24.3 Å². The number of aliphatic carboxylic acids is 1. The molecule has 0 radical (unpaired) electrons. The Bertz CT molecular complexity index is 950. The van der Waals surface area contributed by atoms with Crippen molar-refractivity contribution in [3.63, 3.8) is 0 Å². The first-order chi connectivity index (χ1) is 14.8. The number of carboxylic acid groups (broad SMARTS) is 1. The number of hydrazine groups is 1. The Morgan fingerprint density at radius 2 is 1.90 bits per heavy atom. The summed E-state index contributed by atoms with van der Waals surface area (Å²) in [5.74, 6) is 2.27. The van der Waals surface area contributed by atoms with E-state index in [1.807, 2.05) is 30.3 Å². The Hall–Kier alpha value is -3.47. The quantitative estimate of drug-likeness (QED) is 0.0763. The van der Waals surface area contributed by atoms with Crippen LogP contribution in [0.15, 0.2) is 53.7 Å². The zero-order chi connectivity index (χ0) is 22.9. The Morgan fingerprint density at radius 1 is 1.19 bits per heavy atom. The highest BCUT2D eigenvalue weighted by molar-refractivity contribution is 6.09. The molecular formula is C21H26N6O4. The first-order valence-corrected chi connectivity index (χ1v) is 9.55. The number of carboxylic acids is 1. The third-order valence-corrected chi connectivity index (χ3v) is 4.88. The van der Waals surface area contributed by atoms with Gasteiger partial charge in [0.05, 0.1) is 12.9 Å². The Kier molecular flexibility index (Phi) is 8.50. The number of carbonyl (C=O) groups is 3. The molecule has 31 heavy (non-hydrogen) atoms. The Labute approximate surface area is 179 Å². The molecule has 10 heteroatoms. The highest BCUT2D eigenvalue weighted by atomic mass is 16.4. The van der Waals surface area contributed by atoms with Crippen LogP contribution >= 0.6 is 0 Å². The lowest BCUT2D eigenvalue weighted by atomic mass is 9.85. The average molecular weight is 426 g/mol. The first kappa shape index (κ1) is 23.8. The van der Waals surface area contributed by atoms with Crippen molar-refractivity contribution >= 4 is 23.9 Å². The number of Topliss-reactive ketones (excluding diaryl/α,β-unsaturated/α-hetero) is 2. The summed E-state index contributed by atoms with van der Waals surface area (Å²) in [6, 6.07) is 12.4. The monoisotopic (exact) mass is 426 g/mol. The molecule has 164 valence electrons. The Balaban J connectivity index is 2.33. The standard InChI is InChI=1S/C21H26N6O4/c22-11-18(29)21(23,20(30)31)10-15-7-4-8-26-19(15)17(28)9-16(12-25-13-27-24)14-5-2-1-3-6-14/h1-8,13,16H,9-12,22-24H2,(H,25,27)(H,30,31). The fourth-order valence-corrected chi connectivity index (χ4v) is 3.17. The molecular weight excluding hydrogens is 400 g/mol. The van der Waals surface area contributed by atoms with Gasteiger partial charge in [0.15, 0.2) is 17.1 Å². The summed E-state index contributed by atoms with van der Waals surface area (Å²) in [4.78, 5) is 45.2. The van der Waals surface area contributed by atoms with Gasteiger partial charge in [0.1, 0.15) is 5.69 Å². The molecule has 0 fully saturated rings. The summed E-state index contributed by atoms with van der Waals surface area (Å²) in [6.07, 6.45) is 2.42. The van der Waals surface area contributed by atoms with Crippen molar-refractivity contribution in [2.75, 3.05) is 13.1 Å². The highest BCUT2D eigenvalue weighted by Gasteiger charge is 2.42. The number of nitrogens with zero attached hydrogens (tertiary/aromatic N) is 2. The number of aromatic nitrogens is 1. The van der Waals surface area contributed by atoms with E-state index in [0.29, 0.717) is 6.54 Å². The number of hydrogen-bond donors (Lipinski definition) is 5. The molecule has 0 aliphatic rings. The minimum Gasteiger partial charge on any atom is -0.480 e. The maximum Gasteiger partial charge on any atom is 0.331 e. The second-order valence-corrected chi connectivity index (χ2v) is 6.99. The fourth-order valence-electron chi connectivity index (χ4n) is 3.17. The molecule has 0 saturated carbocycles. The zero-order valence-electron chi connectivity index (χ0n) is 16.9. The van der Waals surface area contributed by atoms with Gasteiger partial charge in [-0.3, -0.25) is 19.6 Å². The summed E-state index contributed by atoms with van der Waals surface area (Å²) in [5, 5.41) is 9.50. The number of nitrogens with two attached hydrogens (primary N) is 3. The molecule has 0 amide bonds. The lowest BCUT2D eigenvalue weighted by Gasteiger charge is -2.23. The molecule has 2 aromatic rings. The third-order valence-electron chi connectivity index (χ3n) is 4.88. The summed E-state index contributed by atoms with van der Waals surface area (Å²) in [5.41, 5.74) is 12.5. The van der Waals surface area contributed by atoms with Gasteiger partial charge in [-0.15, -0.1) is 0 Å². The van der Waals surface area contributed by atoms with Crippen LogP contribution in [0.4, 0.5) is 0 Å². The van der Waals surface area contributed by atoms with Gasteiger partial charge in [0, 0.05) is 31.5 Å². The molecule has 1 aromatic heterocycles. The van der Waals surface area contributed by atoms with Crippen LogP contribution in [-0.4, -0.2) is 52.6 Å². The number of aliphatic imine (C=N–C) groups is 1. The molecule has 0 bridgehead atoms. The molecule has 1 aromatic carbocycles. The van der Waals surface area contributed by atoms with Crippen LogP contribution < -0.4 is 22.7 Å². The van der Waals surface area contributed by atoms with E-state index in [9.17, 15) is 19.5 Å². The number of ketones is 2. The van der Waals surface area contributed by atoms with Crippen molar-refractivity contribution in [3.8, 4) is 0 Å². The molecule has 2 atom stereocenters. The predicted molar refractivity (Wildman–Crippen MR) is 115 cm³/mol. The summed E-state index contributed by atoms with van der Waals surface area (Å²) < 4.78 is 0. The second kappa shape index (κ2) is 11.1. The largest absolute Gasteiger partial charge is 0.480 e. The second-order valence-electron chi connectivity index (χ2n) is 6.99. The van der Waals surface area contributed by atoms with E-state index in [-0.39, 0.29) is 29.4 Å². The van der Waals surface area contributed by atoms with Gasteiger partial charge < -0.3 is 22.0 Å². The summed E-state index contributed by atoms with van der Waals surface area (Å²) >= 11 is 0. The topological polar surface area (TPSA) is 187 Å².